The lowest BCUT2D eigenvalue weighted by Crippen LogP contribution is -2.40. The first-order valence-corrected chi connectivity index (χ1v) is 8.17. The van der Waals surface area contributed by atoms with Crippen LogP contribution in [0.1, 0.15) is 60.8 Å². The summed E-state index contributed by atoms with van der Waals surface area (Å²) in [4.78, 5) is 34.2. The number of carbonyl (C=O) groups excluding carboxylic acids is 2. The Balaban J connectivity index is 4.60. The summed E-state index contributed by atoms with van der Waals surface area (Å²) in [6.45, 7) is 11.6. The number of rotatable bonds is 9. The van der Waals surface area contributed by atoms with Crippen molar-refractivity contribution in [1.29, 1.82) is 0 Å². The van der Waals surface area contributed by atoms with Gasteiger partial charge < -0.3 is 14.6 Å². The monoisotopic (exact) mass is 342 g/mol. The zero-order valence-electron chi connectivity index (χ0n) is 15.6. The van der Waals surface area contributed by atoms with Crippen molar-refractivity contribution in [2.24, 2.45) is 10.8 Å². The van der Waals surface area contributed by atoms with Gasteiger partial charge in [-0.3, -0.25) is 14.4 Å². The molecule has 0 aliphatic carbocycles. The van der Waals surface area contributed by atoms with Crippen LogP contribution in [0.2, 0.25) is 0 Å². The summed E-state index contributed by atoms with van der Waals surface area (Å²) in [6, 6.07) is 0. The Kier molecular flexibility index (Phi) is 8.72. The first-order valence-electron chi connectivity index (χ1n) is 8.17. The maximum atomic E-state index is 12.5. The molecule has 0 saturated heterocycles. The topological polar surface area (TPSA) is 89.9 Å². The highest BCUT2D eigenvalue weighted by Crippen LogP contribution is 2.41. The molecule has 1 atom stereocenters. The van der Waals surface area contributed by atoms with E-state index in [4.69, 9.17) is 14.6 Å². The van der Waals surface area contributed by atoms with Gasteiger partial charge in [0, 0.05) is 0 Å². The molecule has 0 aliphatic heterocycles. The summed E-state index contributed by atoms with van der Waals surface area (Å²) in [5.74, 6) is -2.05. The average molecular weight is 342 g/mol. The van der Waals surface area contributed by atoms with Gasteiger partial charge in [-0.25, -0.2) is 0 Å². The molecule has 1 unspecified atom stereocenters. The van der Waals surface area contributed by atoms with E-state index in [1.165, 1.54) is 0 Å². The van der Waals surface area contributed by atoms with Crippen LogP contribution in [0.3, 0.4) is 0 Å². The van der Waals surface area contributed by atoms with Crippen LogP contribution in [0.15, 0.2) is 11.6 Å². The van der Waals surface area contributed by atoms with Crippen LogP contribution in [-0.4, -0.2) is 36.2 Å². The van der Waals surface area contributed by atoms with Gasteiger partial charge in [-0.2, -0.15) is 0 Å². The van der Waals surface area contributed by atoms with Gasteiger partial charge in [0.25, 0.3) is 0 Å². The van der Waals surface area contributed by atoms with Crippen molar-refractivity contribution in [2.75, 3.05) is 13.2 Å². The quantitative estimate of drug-likeness (QED) is 0.393. The van der Waals surface area contributed by atoms with Crippen molar-refractivity contribution in [3.8, 4) is 0 Å². The smallest absolute Gasteiger partial charge is 0.316 e. The van der Waals surface area contributed by atoms with Crippen molar-refractivity contribution in [1.82, 2.24) is 0 Å². The van der Waals surface area contributed by atoms with Gasteiger partial charge in [0.2, 0.25) is 0 Å². The molecule has 138 valence electrons. The number of carboxylic acid groups (broad SMARTS) is 1. The molecule has 0 heterocycles. The van der Waals surface area contributed by atoms with Gasteiger partial charge in [-0.05, 0) is 25.7 Å². The van der Waals surface area contributed by atoms with Gasteiger partial charge in [0.15, 0.2) is 0 Å². The number of carboxylic acids is 1. The highest BCUT2D eigenvalue weighted by Gasteiger charge is 2.43. The molecule has 0 aliphatic rings. The van der Waals surface area contributed by atoms with Crippen LogP contribution < -0.4 is 0 Å². The molecular formula is C18H30O6. The van der Waals surface area contributed by atoms with Gasteiger partial charge in [-0.15, -0.1) is 0 Å². The first kappa shape index (κ1) is 22.1. The van der Waals surface area contributed by atoms with Crippen molar-refractivity contribution >= 4 is 17.9 Å². The fourth-order valence-corrected chi connectivity index (χ4v) is 1.90. The lowest BCUT2D eigenvalue weighted by molar-refractivity contribution is -0.162. The Labute approximate surface area is 144 Å². The molecule has 0 rings (SSSR count). The largest absolute Gasteiger partial charge is 0.481 e. The number of ether oxygens (including phenoxy) is 2. The van der Waals surface area contributed by atoms with E-state index >= 15 is 0 Å². The van der Waals surface area contributed by atoms with E-state index in [0.29, 0.717) is 0 Å². The average Bonchev–Trinajstić information content (AvgIpc) is 2.47. The fraction of sp³-hybridized carbons (Fsp3) is 0.722. The molecule has 0 radical (unpaired) electrons. The molecule has 0 saturated carbocycles. The summed E-state index contributed by atoms with van der Waals surface area (Å²) in [5, 5.41) is 8.48. The minimum Gasteiger partial charge on any atom is -0.481 e. The SMILES string of the molecule is CC/C(C)=C\C(C)(C(=O)OCCOC(=O)CCC(=O)O)C(C)(C)C. The van der Waals surface area contributed by atoms with Gasteiger partial charge in [-0.1, -0.05) is 39.3 Å². The van der Waals surface area contributed by atoms with E-state index in [1.807, 2.05) is 47.6 Å². The van der Waals surface area contributed by atoms with E-state index in [9.17, 15) is 14.4 Å². The number of hydrogen-bond acceptors (Lipinski definition) is 5. The Bertz CT molecular complexity index is 486. The van der Waals surface area contributed by atoms with Crippen molar-refractivity contribution in [3.63, 3.8) is 0 Å². The second kappa shape index (κ2) is 9.45. The van der Waals surface area contributed by atoms with Gasteiger partial charge >= 0.3 is 17.9 Å². The maximum absolute atomic E-state index is 12.5. The second-order valence-corrected chi connectivity index (χ2v) is 7.05. The zero-order chi connectivity index (χ0) is 19.0. The second-order valence-electron chi connectivity index (χ2n) is 7.05. The van der Waals surface area contributed by atoms with Crippen LogP contribution in [0.5, 0.6) is 0 Å². The summed E-state index contributed by atoms with van der Waals surface area (Å²) in [7, 11) is 0. The minimum atomic E-state index is -1.06. The Hall–Kier alpha value is -1.85. The molecule has 0 aromatic rings. The normalized spacial score (nSPS) is 14.7. The van der Waals surface area contributed by atoms with E-state index in [1.54, 1.807) is 0 Å². The lowest BCUT2D eigenvalue weighted by Gasteiger charge is -2.37. The lowest BCUT2D eigenvalue weighted by atomic mass is 9.67. The summed E-state index contributed by atoms with van der Waals surface area (Å²) in [5.41, 5.74) is -0.0245. The van der Waals surface area contributed by atoms with Crippen LogP contribution in [0.25, 0.3) is 0 Å². The highest BCUT2D eigenvalue weighted by molar-refractivity contribution is 5.80. The van der Waals surface area contributed by atoms with Gasteiger partial charge in [0.1, 0.15) is 13.2 Å². The number of allylic oxidation sites excluding steroid dienone is 1. The summed E-state index contributed by atoms with van der Waals surface area (Å²) >= 11 is 0. The Morgan fingerprint density at radius 3 is 2.00 bits per heavy atom. The van der Waals surface area contributed by atoms with Crippen LogP contribution >= 0.6 is 0 Å². The van der Waals surface area contributed by atoms with E-state index in [0.717, 1.165) is 12.0 Å². The molecule has 0 amide bonds. The zero-order valence-corrected chi connectivity index (χ0v) is 15.6. The van der Waals surface area contributed by atoms with Crippen LogP contribution in [0.4, 0.5) is 0 Å². The number of carbonyl (C=O) groups is 3. The molecule has 1 N–H and O–H groups in total. The Morgan fingerprint density at radius 2 is 1.54 bits per heavy atom. The third-order valence-electron chi connectivity index (χ3n) is 4.20. The molecule has 6 nitrogen and oxygen atoms in total. The third kappa shape index (κ3) is 7.15. The molecule has 0 bridgehead atoms. The maximum Gasteiger partial charge on any atom is 0.316 e. The molecule has 0 aromatic heterocycles. The van der Waals surface area contributed by atoms with Crippen molar-refractivity contribution < 1.29 is 29.0 Å². The van der Waals surface area contributed by atoms with E-state index in [2.05, 4.69) is 0 Å². The number of hydrogen-bond donors (Lipinski definition) is 1. The van der Waals surface area contributed by atoms with Gasteiger partial charge in [0.05, 0.1) is 18.3 Å². The highest BCUT2D eigenvalue weighted by atomic mass is 16.6. The van der Waals surface area contributed by atoms with E-state index < -0.39 is 17.4 Å². The third-order valence-corrected chi connectivity index (χ3v) is 4.20. The number of esters is 2. The predicted molar refractivity (Wildman–Crippen MR) is 90.4 cm³/mol. The van der Waals surface area contributed by atoms with Crippen LogP contribution in [0, 0.1) is 10.8 Å². The number of aliphatic carboxylic acids is 1. The van der Waals surface area contributed by atoms with Crippen molar-refractivity contribution in [2.45, 2.75) is 60.8 Å². The molecule has 0 fully saturated rings. The molecule has 24 heavy (non-hydrogen) atoms. The molecule has 0 spiro atoms. The fourth-order valence-electron chi connectivity index (χ4n) is 1.90. The molecule has 0 aromatic carbocycles. The van der Waals surface area contributed by atoms with E-state index in [-0.39, 0.29) is 37.4 Å². The predicted octanol–water partition coefficient (Wildman–Crippen LogP) is 3.35. The molecular weight excluding hydrogens is 312 g/mol. The Morgan fingerprint density at radius 1 is 1.00 bits per heavy atom. The first-order chi connectivity index (χ1) is 10.9. The van der Waals surface area contributed by atoms with Crippen molar-refractivity contribution in [3.05, 3.63) is 11.6 Å². The standard InChI is InChI=1S/C18H30O6/c1-7-13(2)12-18(6,17(3,4)5)16(22)24-11-10-23-15(21)9-8-14(19)20/h12H,7-11H2,1-6H3,(H,19,20)/b13-12-. The summed E-state index contributed by atoms with van der Waals surface area (Å²) < 4.78 is 10.1. The minimum absolute atomic E-state index is 0.0532. The molecule has 6 heteroatoms. The summed E-state index contributed by atoms with van der Waals surface area (Å²) in [6.07, 6.45) is 2.32. The van der Waals surface area contributed by atoms with Crippen LogP contribution in [-0.2, 0) is 23.9 Å².